The summed E-state index contributed by atoms with van der Waals surface area (Å²) in [6.07, 6.45) is 2.30. The summed E-state index contributed by atoms with van der Waals surface area (Å²) in [5, 5.41) is 33.7. The fourth-order valence-corrected chi connectivity index (χ4v) is 7.78. The number of alkyl halides is 1. The molecule has 5 heterocycles. The third-order valence-corrected chi connectivity index (χ3v) is 10.4. The van der Waals surface area contributed by atoms with Gasteiger partial charge < -0.3 is 25.0 Å². The number of hydrogen-bond acceptors (Lipinski definition) is 9. The van der Waals surface area contributed by atoms with Crippen molar-refractivity contribution in [2.75, 3.05) is 37.7 Å². The van der Waals surface area contributed by atoms with Gasteiger partial charge in [-0.05, 0) is 74.5 Å². The van der Waals surface area contributed by atoms with Crippen LogP contribution in [-0.4, -0.2) is 91.9 Å². The number of benzene rings is 2. The summed E-state index contributed by atoms with van der Waals surface area (Å²) in [5.41, 5.74) is -0.418. The van der Waals surface area contributed by atoms with Crippen molar-refractivity contribution >= 4 is 27.5 Å². The first-order valence-corrected chi connectivity index (χ1v) is 15.8. The summed E-state index contributed by atoms with van der Waals surface area (Å²) in [5.74, 6) is -0.439. The first-order valence-electron chi connectivity index (χ1n) is 15.8. The van der Waals surface area contributed by atoms with Crippen molar-refractivity contribution in [1.29, 1.82) is 0 Å². The van der Waals surface area contributed by atoms with E-state index in [1.54, 1.807) is 17.9 Å². The van der Waals surface area contributed by atoms with Crippen LogP contribution in [0.1, 0.15) is 45.6 Å². The molecule has 45 heavy (non-hydrogen) atoms. The molecular formula is C34H39F2N5O4. The summed E-state index contributed by atoms with van der Waals surface area (Å²) in [4.78, 5) is 17.6. The molecule has 0 aliphatic carbocycles. The maximum atomic E-state index is 16.8. The Hall–Kier alpha value is -3.67. The SMILES string of the molecule is CCc1cccc2cc(O)cc(-c3ncc4c(N5C[C@@H](O)[C@@](C)(O)C5)nc(OC[C@]56CCCN(C[C@H](F)C5)C6C)nc4c3F)c12. The summed E-state index contributed by atoms with van der Waals surface area (Å²) in [6, 6.07) is 8.95. The predicted molar refractivity (Wildman–Crippen MR) is 168 cm³/mol. The molecule has 2 aromatic carbocycles. The lowest BCUT2D eigenvalue weighted by Gasteiger charge is -2.53. The van der Waals surface area contributed by atoms with Gasteiger partial charge in [0.2, 0.25) is 0 Å². The number of halogens is 2. The highest BCUT2D eigenvalue weighted by Gasteiger charge is 2.49. The number of phenols is 1. The molecule has 238 valence electrons. The monoisotopic (exact) mass is 619 g/mol. The van der Waals surface area contributed by atoms with Crippen molar-refractivity contribution in [3.63, 3.8) is 0 Å². The number of aryl methyl sites for hydroxylation is 1. The number of aliphatic hydroxyl groups excluding tert-OH is 1. The van der Waals surface area contributed by atoms with E-state index in [4.69, 9.17) is 4.74 Å². The molecule has 4 aromatic rings. The number of phenolic OH excluding ortho intramolecular Hbond substituents is 1. The van der Waals surface area contributed by atoms with Gasteiger partial charge in [0.25, 0.3) is 0 Å². The van der Waals surface area contributed by atoms with Crippen molar-refractivity contribution < 1.29 is 28.8 Å². The van der Waals surface area contributed by atoms with Gasteiger partial charge in [-0.25, -0.2) is 8.78 Å². The molecule has 0 spiro atoms. The minimum atomic E-state index is -1.40. The standard InChI is InChI=1S/C34H39F2N5O4/c1-4-20-7-5-8-21-11-23(42)12-24(27(20)21)29-28(36)30-25(14-37-29)31(41-16-26(43)33(3,44)17-41)39-32(38-30)45-18-34-9-6-10-40(19(34)2)15-22(35)13-34/h5,7-8,11-12,14,19,22,26,42-44H,4,6,9-10,13,15-18H2,1-3H3/t19?,22-,26-,33+,34+/m1/s1. The van der Waals surface area contributed by atoms with E-state index in [-0.39, 0.29) is 54.5 Å². The van der Waals surface area contributed by atoms with Crippen LogP contribution in [0.15, 0.2) is 36.5 Å². The number of pyridine rings is 1. The molecule has 2 unspecified atom stereocenters. The van der Waals surface area contributed by atoms with E-state index in [0.717, 1.165) is 35.7 Å². The zero-order valence-corrected chi connectivity index (χ0v) is 25.8. The second kappa shape index (κ2) is 11.0. The van der Waals surface area contributed by atoms with E-state index in [9.17, 15) is 19.7 Å². The smallest absolute Gasteiger partial charge is 0.319 e. The highest BCUT2D eigenvalue weighted by Crippen LogP contribution is 2.45. The maximum Gasteiger partial charge on any atom is 0.319 e. The van der Waals surface area contributed by atoms with E-state index in [1.807, 2.05) is 25.1 Å². The number of hydrogen-bond donors (Lipinski definition) is 3. The van der Waals surface area contributed by atoms with Crippen LogP contribution in [0.4, 0.5) is 14.6 Å². The Morgan fingerprint density at radius 2 is 2.00 bits per heavy atom. The molecule has 0 amide bonds. The van der Waals surface area contributed by atoms with Crippen LogP contribution in [-0.2, 0) is 6.42 Å². The molecule has 3 N–H and O–H groups in total. The van der Waals surface area contributed by atoms with Gasteiger partial charge in [0.15, 0.2) is 5.82 Å². The van der Waals surface area contributed by atoms with Crippen LogP contribution in [0, 0.1) is 11.2 Å². The third-order valence-electron chi connectivity index (χ3n) is 10.4. The fraction of sp³-hybridized carbons (Fsp3) is 0.500. The molecule has 11 heteroatoms. The van der Waals surface area contributed by atoms with Gasteiger partial charge in [-0.1, -0.05) is 25.1 Å². The number of rotatable bonds is 6. The highest BCUT2D eigenvalue weighted by atomic mass is 19.1. The van der Waals surface area contributed by atoms with Crippen LogP contribution in [0.2, 0.25) is 0 Å². The van der Waals surface area contributed by atoms with Gasteiger partial charge in [-0.3, -0.25) is 9.88 Å². The van der Waals surface area contributed by atoms with Gasteiger partial charge in [0.1, 0.15) is 40.7 Å². The molecular weight excluding hydrogens is 580 g/mol. The maximum absolute atomic E-state index is 16.8. The summed E-state index contributed by atoms with van der Waals surface area (Å²) >= 11 is 0. The molecule has 3 aliphatic rings. The second-order valence-corrected chi connectivity index (χ2v) is 13.4. The van der Waals surface area contributed by atoms with Crippen LogP contribution >= 0.6 is 0 Å². The van der Waals surface area contributed by atoms with Gasteiger partial charge in [-0.15, -0.1) is 0 Å². The minimum Gasteiger partial charge on any atom is -0.508 e. The molecule has 7 rings (SSSR count). The molecule has 2 bridgehead atoms. The number of aromatic hydroxyl groups is 1. The number of ether oxygens (including phenoxy) is 1. The molecule has 0 radical (unpaired) electrons. The average Bonchev–Trinajstić information content (AvgIpc) is 3.27. The van der Waals surface area contributed by atoms with E-state index >= 15 is 4.39 Å². The summed E-state index contributed by atoms with van der Waals surface area (Å²) in [6.45, 7) is 7.23. The Morgan fingerprint density at radius 3 is 2.76 bits per heavy atom. The summed E-state index contributed by atoms with van der Waals surface area (Å²) in [7, 11) is 0. The quantitative estimate of drug-likeness (QED) is 0.281. The first-order chi connectivity index (χ1) is 21.5. The Labute approximate surface area is 260 Å². The normalized spacial score (nSPS) is 29.9. The van der Waals surface area contributed by atoms with Crippen molar-refractivity contribution in [3.05, 3.63) is 47.9 Å². The Morgan fingerprint density at radius 1 is 1.18 bits per heavy atom. The van der Waals surface area contributed by atoms with Gasteiger partial charge in [-0.2, -0.15) is 9.97 Å². The van der Waals surface area contributed by atoms with Crippen LogP contribution in [0.25, 0.3) is 32.9 Å². The largest absolute Gasteiger partial charge is 0.508 e. The molecule has 3 fully saturated rings. The lowest BCUT2D eigenvalue weighted by Crippen LogP contribution is -2.60. The number of β-amino-alcohol motifs (C(OH)–C–C–N with tert-alkyl or cyclic N) is 2. The second-order valence-electron chi connectivity index (χ2n) is 13.4. The molecule has 0 saturated carbocycles. The van der Waals surface area contributed by atoms with Crippen molar-refractivity contribution in [1.82, 2.24) is 19.9 Å². The Balaban J connectivity index is 1.36. The lowest BCUT2D eigenvalue weighted by atomic mass is 9.68. The molecule has 3 aliphatic heterocycles. The minimum absolute atomic E-state index is 0.0127. The zero-order chi connectivity index (χ0) is 31.7. The lowest BCUT2D eigenvalue weighted by molar-refractivity contribution is -0.0790. The molecule has 3 saturated heterocycles. The Kier molecular flexibility index (Phi) is 7.33. The third kappa shape index (κ3) is 5.05. The molecule has 2 aromatic heterocycles. The first kappa shape index (κ1) is 30.0. The van der Waals surface area contributed by atoms with Crippen molar-refractivity contribution in [3.8, 4) is 23.0 Å². The number of nitrogens with zero attached hydrogens (tertiary/aromatic N) is 5. The van der Waals surface area contributed by atoms with Crippen LogP contribution in [0.5, 0.6) is 11.8 Å². The molecule has 6 atom stereocenters. The molecule has 9 nitrogen and oxygen atoms in total. The van der Waals surface area contributed by atoms with Gasteiger partial charge in [0.05, 0.1) is 18.5 Å². The van der Waals surface area contributed by atoms with E-state index < -0.39 is 29.1 Å². The van der Waals surface area contributed by atoms with Crippen LogP contribution in [0.3, 0.4) is 0 Å². The predicted octanol–water partition coefficient (Wildman–Crippen LogP) is 4.78. The zero-order valence-electron chi connectivity index (χ0n) is 25.8. The van der Waals surface area contributed by atoms with Crippen molar-refractivity contribution in [2.24, 2.45) is 5.41 Å². The van der Waals surface area contributed by atoms with E-state index in [2.05, 4.69) is 26.8 Å². The van der Waals surface area contributed by atoms with Gasteiger partial charge in [0, 0.05) is 36.3 Å². The van der Waals surface area contributed by atoms with Crippen molar-refractivity contribution in [2.45, 2.75) is 70.4 Å². The number of fused-ring (bicyclic) bond motifs is 4. The summed E-state index contributed by atoms with van der Waals surface area (Å²) < 4.78 is 37.9. The number of aromatic nitrogens is 3. The number of aliphatic hydroxyl groups is 2. The number of anilines is 1. The average molecular weight is 620 g/mol. The highest BCUT2D eigenvalue weighted by molar-refractivity contribution is 6.01. The van der Waals surface area contributed by atoms with Crippen LogP contribution < -0.4 is 9.64 Å². The number of piperidine rings is 2. The Bertz CT molecular complexity index is 1790. The van der Waals surface area contributed by atoms with Gasteiger partial charge >= 0.3 is 6.01 Å². The van der Waals surface area contributed by atoms with E-state index in [1.165, 1.54) is 12.3 Å². The fourth-order valence-electron chi connectivity index (χ4n) is 7.78. The van der Waals surface area contributed by atoms with E-state index in [0.29, 0.717) is 30.3 Å². The topological polar surface area (TPSA) is 115 Å².